The van der Waals surface area contributed by atoms with Crippen molar-refractivity contribution in [3.63, 3.8) is 0 Å². The molecule has 0 atom stereocenters. The Labute approximate surface area is 185 Å². The second kappa shape index (κ2) is 8.28. The van der Waals surface area contributed by atoms with E-state index in [1.165, 1.54) is 37.8 Å². The average molecular weight is 476 g/mol. The maximum atomic E-state index is 13.1. The second-order valence-electron chi connectivity index (χ2n) is 6.85. The van der Waals surface area contributed by atoms with E-state index in [2.05, 4.69) is 15.1 Å². The summed E-state index contributed by atoms with van der Waals surface area (Å²) in [6.07, 6.45) is 0.635. The lowest BCUT2D eigenvalue weighted by atomic mass is 10.1. The van der Waals surface area contributed by atoms with Crippen molar-refractivity contribution in [2.75, 3.05) is 5.75 Å². The quantitative estimate of drug-likeness (QED) is 0.432. The molecule has 0 N–H and O–H groups in total. The highest BCUT2D eigenvalue weighted by molar-refractivity contribution is 7.91. The molecule has 1 aromatic carbocycles. The number of rotatable bonds is 5. The lowest BCUT2D eigenvalue weighted by molar-refractivity contribution is -0.137. The summed E-state index contributed by atoms with van der Waals surface area (Å²) in [5.74, 6) is -0.280. The van der Waals surface area contributed by atoms with E-state index in [0.29, 0.717) is 16.5 Å². The van der Waals surface area contributed by atoms with Gasteiger partial charge in [0, 0.05) is 17.6 Å². The van der Waals surface area contributed by atoms with Crippen LogP contribution in [0.4, 0.5) is 13.2 Å². The van der Waals surface area contributed by atoms with Crippen molar-refractivity contribution < 1.29 is 26.3 Å². The van der Waals surface area contributed by atoms with Gasteiger partial charge in [0.05, 0.1) is 35.3 Å². The molecule has 4 rings (SSSR count). The van der Waals surface area contributed by atoms with Crippen molar-refractivity contribution in [3.8, 4) is 17.3 Å². The van der Waals surface area contributed by atoms with Gasteiger partial charge in [0.15, 0.2) is 15.7 Å². The molecule has 33 heavy (non-hydrogen) atoms. The first-order valence-corrected chi connectivity index (χ1v) is 11.2. The van der Waals surface area contributed by atoms with Crippen LogP contribution in [0.3, 0.4) is 0 Å². The van der Waals surface area contributed by atoms with Crippen molar-refractivity contribution in [3.05, 3.63) is 77.1 Å². The highest BCUT2D eigenvalue weighted by Gasteiger charge is 2.31. The van der Waals surface area contributed by atoms with E-state index in [1.54, 1.807) is 12.1 Å². The molecular weight excluding hydrogens is 461 g/mol. The van der Waals surface area contributed by atoms with Crippen molar-refractivity contribution in [1.82, 2.24) is 19.7 Å². The Morgan fingerprint density at radius 2 is 1.85 bits per heavy atom. The minimum atomic E-state index is -4.66. The molecule has 0 bridgehead atoms. The topological polar surface area (TPSA) is 104 Å². The Morgan fingerprint density at radius 3 is 2.52 bits per heavy atom. The predicted octanol–water partition coefficient (Wildman–Crippen LogP) is 3.78. The van der Waals surface area contributed by atoms with Crippen LogP contribution in [0.5, 0.6) is 11.5 Å². The lowest BCUT2D eigenvalue weighted by Gasteiger charge is -2.13. The molecule has 0 amide bonds. The standard InChI is InChI=1S/C21H15F3N4O4S/c1-2-33(30,31)18-9-16(32-15-4-3-7-25-11-15)12-26-19(18)28-20(29)17-8-14(21(22,23)24)6-5-13(17)10-27-28/h3-12H,2H2,1H3. The maximum Gasteiger partial charge on any atom is 0.416 e. The highest BCUT2D eigenvalue weighted by atomic mass is 32.2. The Bertz CT molecular complexity index is 1500. The largest absolute Gasteiger partial charge is 0.454 e. The molecule has 170 valence electrons. The molecule has 12 heteroatoms. The molecule has 0 aliphatic rings. The molecule has 0 unspecified atom stereocenters. The third-order valence-electron chi connectivity index (χ3n) is 4.71. The normalized spacial score (nSPS) is 12.1. The van der Waals surface area contributed by atoms with E-state index >= 15 is 0 Å². The molecule has 8 nitrogen and oxygen atoms in total. The number of aromatic nitrogens is 4. The maximum absolute atomic E-state index is 13.1. The number of ether oxygens (including phenoxy) is 1. The van der Waals surface area contributed by atoms with Gasteiger partial charge in [0.1, 0.15) is 16.4 Å². The molecule has 3 aromatic heterocycles. The molecule has 0 saturated heterocycles. The van der Waals surface area contributed by atoms with Crippen LogP contribution in [0, 0.1) is 0 Å². The number of nitrogens with zero attached hydrogens (tertiary/aromatic N) is 4. The predicted molar refractivity (Wildman–Crippen MR) is 112 cm³/mol. The third kappa shape index (κ3) is 4.42. The van der Waals surface area contributed by atoms with Crippen LogP contribution in [0.2, 0.25) is 0 Å². The lowest BCUT2D eigenvalue weighted by Crippen LogP contribution is -2.24. The van der Waals surface area contributed by atoms with Crippen LogP contribution in [0.15, 0.2) is 70.9 Å². The number of alkyl halides is 3. The number of benzene rings is 1. The van der Waals surface area contributed by atoms with Gasteiger partial charge in [-0.2, -0.15) is 23.0 Å². The zero-order chi connectivity index (χ0) is 23.8. The van der Waals surface area contributed by atoms with E-state index in [-0.39, 0.29) is 33.0 Å². The van der Waals surface area contributed by atoms with E-state index in [9.17, 15) is 26.4 Å². The Morgan fingerprint density at radius 1 is 1.06 bits per heavy atom. The molecule has 4 aromatic rings. The summed E-state index contributed by atoms with van der Waals surface area (Å²) in [6, 6.07) is 7.06. The van der Waals surface area contributed by atoms with Crippen LogP contribution in [-0.2, 0) is 16.0 Å². The first-order chi connectivity index (χ1) is 15.6. The van der Waals surface area contributed by atoms with Gasteiger partial charge in [-0.15, -0.1) is 0 Å². The monoisotopic (exact) mass is 476 g/mol. The zero-order valence-electron chi connectivity index (χ0n) is 16.9. The minimum Gasteiger partial charge on any atom is -0.454 e. The van der Waals surface area contributed by atoms with Crippen molar-refractivity contribution in [2.24, 2.45) is 0 Å². The molecule has 0 saturated carbocycles. The van der Waals surface area contributed by atoms with Crippen LogP contribution < -0.4 is 10.3 Å². The minimum absolute atomic E-state index is 0.0620. The van der Waals surface area contributed by atoms with Gasteiger partial charge >= 0.3 is 6.18 Å². The highest BCUT2D eigenvalue weighted by Crippen LogP contribution is 2.31. The van der Waals surface area contributed by atoms with E-state index in [1.807, 2.05) is 0 Å². The van der Waals surface area contributed by atoms with Crippen LogP contribution >= 0.6 is 0 Å². The number of pyridine rings is 2. The molecule has 3 heterocycles. The number of hydrogen-bond donors (Lipinski definition) is 0. The van der Waals surface area contributed by atoms with E-state index in [4.69, 9.17) is 4.74 Å². The third-order valence-corrected chi connectivity index (χ3v) is 6.44. The second-order valence-corrected chi connectivity index (χ2v) is 9.09. The first kappa shape index (κ1) is 22.4. The van der Waals surface area contributed by atoms with Crippen molar-refractivity contribution in [1.29, 1.82) is 0 Å². The Balaban J connectivity index is 1.90. The summed E-state index contributed by atoms with van der Waals surface area (Å²) in [6.45, 7) is 1.40. The summed E-state index contributed by atoms with van der Waals surface area (Å²) in [5, 5.41) is 3.82. The number of halogens is 3. The zero-order valence-corrected chi connectivity index (χ0v) is 17.8. The summed E-state index contributed by atoms with van der Waals surface area (Å²) >= 11 is 0. The molecule has 0 spiro atoms. The molecule has 0 radical (unpaired) electrons. The molecule has 0 fully saturated rings. The first-order valence-electron chi connectivity index (χ1n) is 9.50. The van der Waals surface area contributed by atoms with Gasteiger partial charge in [-0.3, -0.25) is 9.78 Å². The van der Waals surface area contributed by atoms with Gasteiger partial charge < -0.3 is 4.74 Å². The van der Waals surface area contributed by atoms with E-state index < -0.39 is 27.1 Å². The molecule has 0 aliphatic heterocycles. The fourth-order valence-electron chi connectivity index (χ4n) is 3.03. The van der Waals surface area contributed by atoms with Gasteiger partial charge in [0.25, 0.3) is 5.56 Å². The number of sulfone groups is 1. The number of hydrogen-bond acceptors (Lipinski definition) is 7. The summed E-state index contributed by atoms with van der Waals surface area (Å²) < 4.78 is 71.1. The Hall–Kier alpha value is -3.80. The van der Waals surface area contributed by atoms with Gasteiger partial charge in [0.2, 0.25) is 0 Å². The van der Waals surface area contributed by atoms with Crippen LogP contribution in [-0.4, -0.2) is 33.9 Å². The van der Waals surface area contributed by atoms with Gasteiger partial charge in [-0.05, 0) is 24.3 Å². The fraction of sp³-hybridized carbons (Fsp3) is 0.143. The SMILES string of the molecule is CCS(=O)(=O)c1cc(Oc2cccnc2)cnc1-n1ncc2ccc(C(F)(F)F)cc2c1=O. The smallest absolute Gasteiger partial charge is 0.416 e. The van der Waals surface area contributed by atoms with E-state index in [0.717, 1.165) is 12.1 Å². The van der Waals surface area contributed by atoms with Gasteiger partial charge in [-0.1, -0.05) is 13.0 Å². The van der Waals surface area contributed by atoms with Crippen LogP contribution in [0.1, 0.15) is 12.5 Å². The summed E-state index contributed by atoms with van der Waals surface area (Å²) in [4.78, 5) is 20.6. The number of fused-ring (bicyclic) bond motifs is 1. The Kier molecular flexibility index (Phi) is 5.62. The fourth-order valence-corrected chi connectivity index (χ4v) is 4.05. The van der Waals surface area contributed by atoms with Crippen LogP contribution in [0.25, 0.3) is 16.6 Å². The average Bonchev–Trinajstić information content (AvgIpc) is 2.79. The van der Waals surface area contributed by atoms with Crippen molar-refractivity contribution >= 4 is 20.6 Å². The summed E-state index contributed by atoms with van der Waals surface area (Å²) in [7, 11) is -3.93. The summed E-state index contributed by atoms with van der Waals surface area (Å²) in [5.41, 5.74) is -1.96. The molecular formula is C21H15F3N4O4S. The van der Waals surface area contributed by atoms with Crippen molar-refractivity contribution in [2.45, 2.75) is 18.0 Å². The molecule has 0 aliphatic carbocycles. The van der Waals surface area contributed by atoms with Gasteiger partial charge in [-0.25, -0.2) is 13.4 Å².